The molecule has 0 aliphatic heterocycles. The number of amides is 1. The molecule has 0 bridgehead atoms. The van der Waals surface area contributed by atoms with Gasteiger partial charge in [-0.15, -0.1) is 0 Å². The maximum absolute atomic E-state index is 12.5. The Morgan fingerprint density at radius 2 is 2.07 bits per heavy atom. The number of ether oxygens (including phenoxy) is 1. The highest BCUT2D eigenvalue weighted by Gasteiger charge is 2.11. The number of fused-ring (bicyclic) bond motifs is 2. The number of para-hydroxylation sites is 2. The van der Waals surface area contributed by atoms with Gasteiger partial charge in [-0.05, 0) is 30.3 Å². The number of hydrogen-bond acceptors (Lipinski definition) is 5. The first-order chi connectivity index (χ1) is 14.0. The second-order valence-corrected chi connectivity index (χ2v) is 6.58. The van der Waals surface area contributed by atoms with Crippen LogP contribution in [0.15, 0.2) is 63.8 Å². The van der Waals surface area contributed by atoms with E-state index in [0.717, 1.165) is 5.39 Å². The molecular formula is C22H19N3O4. The highest BCUT2D eigenvalue weighted by molar-refractivity contribution is 5.92. The van der Waals surface area contributed by atoms with E-state index in [1.165, 1.54) is 11.0 Å². The minimum Gasteiger partial charge on any atom is -0.493 e. The summed E-state index contributed by atoms with van der Waals surface area (Å²) in [5.41, 5.74) is 1.01. The summed E-state index contributed by atoms with van der Waals surface area (Å²) in [4.78, 5) is 33.2. The standard InChI is InChI=1S/C22H19N3O4/c1-25(13-19-23-17-8-4-3-7-16(17)22(27)24-19)20(26)11-10-15-12-14-6-5-9-18(28-2)21(14)29-15/h3-12H,13H2,1-2H3,(H,23,24,27). The van der Waals surface area contributed by atoms with E-state index in [-0.39, 0.29) is 18.0 Å². The Kier molecular flexibility index (Phi) is 4.87. The van der Waals surface area contributed by atoms with E-state index in [1.54, 1.807) is 38.4 Å². The number of aromatic amines is 1. The Balaban J connectivity index is 1.50. The lowest BCUT2D eigenvalue weighted by atomic mass is 10.2. The third-order valence-corrected chi connectivity index (χ3v) is 4.56. The van der Waals surface area contributed by atoms with E-state index < -0.39 is 0 Å². The number of nitrogens with zero attached hydrogens (tertiary/aromatic N) is 2. The largest absolute Gasteiger partial charge is 0.493 e. The third-order valence-electron chi connectivity index (χ3n) is 4.56. The van der Waals surface area contributed by atoms with Crippen molar-refractivity contribution in [2.24, 2.45) is 0 Å². The SMILES string of the molecule is COc1cccc2cc(C=CC(=O)N(C)Cc3nc4ccccc4c(=O)[nH]3)oc12. The molecule has 146 valence electrons. The number of aromatic nitrogens is 2. The Hall–Kier alpha value is -3.87. The monoisotopic (exact) mass is 389 g/mol. The summed E-state index contributed by atoms with van der Waals surface area (Å²) in [6, 6.07) is 14.5. The van der Waals surface area contributed by atoms with Gasteiger partial charge in [0.1, 0.15) is 11.6 Å². The fourth-order valence-electron chi connectivity index (χ4n) is 3.09. The van der Waals surface area contributed by atoms with E-state index in [4.69, 9.17) is 9.15 Å². The molecule has 0 saturated carbocycles. The molecule has 2 heterocycles. The number of methoxy groups -OCH3 is 1. The van der Waals surface area contributed by atoms with Crippen molar-refractivity contribution < 1.29 is 13.9 Å². The number of rotatable bonds is 5. The van der Waals surface area contributed by atoms with Crippen LogP contribution in [0.25, 0.3) is 27.9 Å². The molecule has 7 heteroatoms. The van der Waals surface area contributed by atoms with Crippen molar-refractivity contribution in [1.29, 1.82) is 0 Å². The molecule has 29 heavy (non-hydrogen) atoms. The van der Waals surface area contributed by atoms with Gasteiger partial charge >= 0.3 is 0 Å². The van der Waals surface area contributed by atoms with Crippen LogP contribution in [0.4, 0.5) is 0 Å². The van der Waals surface area contributed by atoms with Crippen LogP contribution in [0.5, 0.6) is 5.75 Å². The molecular weight excluding hydrogens is 370 g/mol. The summed E-state index contributed by atoms with van der Waals surface area (Å²) < 4.78 is 11.0. The predicted octanol–water partition coefficient (Wildman–Crippen LogP) is 3.35. The lowest BCUT2D eigenvalue weighted by Gasteiger charge is -2.14. The van der Waals surface area contributed by atoms with E-state index in [2.05, 4.69) is 9.97 Å². The van der Waals surface area contributed by atoms with Crippen LogP contribution < -0.4 is 10.3 Å². The molecule has 1 N–H and O–H groups in total. The van der Waals surface area contributed by atoms with Gasteiger partial charge in [0.15, 0.2) is 11.3 Å². The van der Waals surface area contributed by atoms with E-state index in [9.17, 15) is 9.59 Å². The van der Waals surface area contributed by atoms with Crippen molar-refractivity contribution in [3.05, 3.63) is 76.5 Å². The number of benzene rings is 2. The number of hydrogen-bond donors (Lipinski definition) is 1. The van der Waals surface area contributed by atoms with Crippen LogP contribution in [0.3, 0.4) is 0 Å². The molecule has 1 amide bonds. The van der Waals surface area contributed by atoms with Crippen LogP contribution in [-0.4, -0.2) is 34.9 Å². The molecule has 2 aromatic heterocycles. The lowest BCUT2D eigenvalue weighted by Crippen LogP contribution is -2.26. The summed E-state index contributed by atoms with van der Waals surface area (Å²) in [7, 11) is 3.22. The summed E-state index contributed by atoms with van der Waals surface area (Å²) >= 11 is 0. The van der Waals surface area contributed by atoms with Crippen LogP contribution in [-0.2, 0) is 11.3 Å². The highest BCUT2D eigenvalue weighted by atomic mass is 16.5. The Bertz CT molecular complexity index is 1290. The van der Waals surface area contributed by atoms with Gasteiger partial charge in [-0.1, -0.05) is 24.3 Å². The smallest absolute Gasteiger partial charge is 0.258 e. The van der Waals surface area contributed by atoms with Crippen LogP contribution in [0, 0.1) is 0 Å². The minimum atomic E-state index is -0.242. The minimum absolute atomic E-state index is 0.178. The summed E-state index contributed by atoms with van der Waals surface area (Å²) in [6.45, 7) is 0.178. The molecule has 0 atom stereocenters. The maximum atomic E-state index is 12.5. The zero-order valence-corrected chi connectivity index (χ0v) is 16.0. The van der Waals surface area contributed by atoms with E-state index in [0.29, 0.717) is 33.8 Å². The van der Waals surface area contributed by atoms with Crippen molar-refractivity contribution in [2.45, 2.75) is 6.54 Å². The summed E-state index contributed by atoms with van der Waals surface area (Å²) in [5, 5.41) is 1.41. The Morgan fingerprint density at radius 1 is 1.24 bits per heavy atom. The second kappa shape index (κ2) is 7.63. The topological polar surface area (TPSA) is 88.4 Å². The van der Waals surface area contributed by atoms with Crippen molar-refractivity contribution in [3.63, 3.8) is 0 Å². The number of H-pyrrole nitrogens is 1. The first-order valence-corrected chi connectivity index (χ1v) is 9.03. The first kappa shape index (κ1) is 18.5. The van der Waals surface area contributed by atoms with Gasteiger partial charge in [0.05, 0.1) is 24.6 Å². The van der Waals surface area contributed by atoms with Crippen molar-refractivity contribution in [1.82, 2.24) is 14.9 Å². The lowest BCUT2D eigenvalue weighted by molar-refractivity contribution is -0.125. The maximum Gasteiger partial charge on any atom is 0.258 e. The molecule has 0 saturated heterocycles. The van der Waals surface area contributed by atoms with Crippen molar-refractivity contribution in [2.75, 3.05) is 14.2 Å². The van der Waals surface area contributed by atoms with Gasteiger partial charge in [-0.3, -0.25) is 9.59 Å². The van der Waals surface area contributed by atoms with Gasteiger partial charge < -0.3 is 19.0 Å². The van der Waals surface area contributed by atoms with Crippen LogP contribution in [0.2, 0.25) is 0 Å². The fraction of sp³-hybridized carbons (Fsp3) is 0.136. The quantitative estimate of drug-likeness (QED) is 0.529. The normalized spacial score (nSPS) is 11.4. The van der Waals surface area contributed by atoms with Gasteiger partial charge in [0, 0.05) is 18.5 Å². The molecule has 4 aromatic rings. The molecule has 4 rings (SSSR count). The van der Waals surface area contributed by atoms with E-state index >= 15 is 0 Å². The summed E-state index contributed by atoms with van der Waals surface area (Å²) in [5.74, 6) is 1.36. The van der Waals surface area contributed by atoms with Crippen LogP contribution in [0.1, 0.15) is 11.6 Å². The molecule has 0 aliphatic carbocycles. The fourth-order valence-corrected chi connectivity index (χ4v) is 3.09. The summed E-state index contributed by atoms with van der Waals surface area (Å²) in [6.07, 6.45) is 3.03. The molecule has 0 radical (unpaired) electrons. The van der Waals surface area contributed by atoms with Gasteiger partial charge in [0.2, 0.25) is 5.91 Å². The molecule has 7 nitrogen and oxygen atoms in total. The number of furan rings is 1. The zero-order valence-electron chi connectivity index (χ0n) is 16.0. The van der Waals surface area contributed by atoms with Gasteiger partial charge in [0.25, 0.3) is 5.56 Å². The zero-order chi connectivity index (χ0) is 20.4. The second-order valence-electron chi connectivity index (χ2n) is 6.58. The Labute approximate surface area is 166 Å². The van der Waals surface area contributed by atoms with Gasteiger partial charge in [-0.25, -0.2) is 4.98 Å². The third kappa shape index (κ3) is 3.75. The number of likely N-dealkylation sites (N-methyl/N-ethyl adjacent to an activating group) is 1. The molecule has 2 aromatic carbocycles. The van der Waals surface area contributed by atoms with Crippen molar-refractivity contribution in [3.8, 4) is 5.75 Å². The highest BCUT2D eigenvalue weighted by Crippen LogP contribution is 2.28. The molecule has 0 aliphatic rings. The number of carbonyl (C=O) groups excluding carboxylic acids is 1. The van der Waals surface area contributed by atoms with Crippen LogP contribution >= 0.6 is 0 Å². The van der Waals surface area contributed by atoms with Crippen molar-refractivity contribution >= 4 is 33.9 Å². The number of carbonyl (C=O) groups is 1. The average molecular weight is 389 g/mol. The average Bonchev–Trinajstić information content (AvgIpc) is 3.15. The first-order valence-electron chi connectivity index (χ1n) is 9.03. The molecule has 0 spiro atoms. The molecule has 0 fully saturated rings. The van der Waals surface area contributed by atoms with Gasteiger partial charge in [-0.2, -0.15) is 0 Å². The Morgan fingerprint density at radius 3 is 2.90 bits per heavy atom. The predicted molar refractivity (Wildman–Crippen MR) is 111 cm³/mol. The molecule has 0 unspecified atom stereocenters. The number of nitrogens with one attached hydrogen (secondary N) is 1. The van der Waals surface area contributed by atoms with E-state index in [1.807, 2.05) is 30.3 Å².